The smallest absolute Gasteiger partial charge is 0.251 e. The van der Waals surface area contributed by atoms with E-state index in [0.717, 1.165) is 56.4 Å². The van der Waals surface area contributed by atoms with Gasteiger partial charge in [0.15, 0.2) is 0 Å². The second-order valence-electron chi connectivity index (χ2n) is 8.20. The number of carbonyl (C=O) groups is 1. The number of hydrogen-bond acceptors (Lipinski definition) is 3. The topological polar surface area (TPSA) is 46.5 Å². The van der Waals surface area contributed by atoms with Crippen molar-refractivity contribution in [2.45, 2.75) is 33.1 Å². The van der Waals surface area contributed by atoms with Gasteiger partial charge >= 0.3 is 0 Å². The van der Waals surface area contributed by atoms with Crippen molar-refractivity contribution < 1.29 is 9.53 Å². The molecule has 1 aromatic carbocycles. The number of carbonyl (C=O) groups excluding carboxylic acids is 1. The van der Waals surface area contributed by atoms with Crippen LogP contribution in [0.4, 0.5) is 0 Å². The highest BCUT2D eigenvalue weighted by molar-refractivity contribution is 5.94. The summed E-state index contributed by atoms with van der Waals surface area (Å²) in [6, 6.07) is 10.4. The van der Waals surface area contributed by atoms with Crippen LogP contribution in [0, 0.1) is 12.8 Å². The first-order chi connectivity index (χ1) is 13.6. The molecule has 5 heteroatoms. The molecule has 2 heterocycles. The first kappa shape index (κ1) is 19.2. The van der Waals surface area contributed by atoms with Gasteiger partial charge in [-0.05, 0) is 68.0 Å². The maximum atomic E-state index is 12.5. The average molecular weight is 382 g/mol. The molecule has 2 aromatic rings. The lowest BCUT2D eigenvalue weighted by molar-refractivity contribution is 0.0383. The summed E-state index contributed by atoms with van der Waals surface area (Å²) in [4.78, 5) is 14.8. The number of amides is 1. The van der Waals surface area contributed by atoms with E-state index in [1.165, 1.54) is 29.8 Å². The quantitative estimate of drug-likeness (QED) is 0.866. The number of morpholine rings is 1. The summed E-state index contributed by atoms with van der Waals surface area (Å²) in [6.07, 6.45) is 3.56. The van der Waals surface area contributed by atoms with Gasteiger partial charge in [-0.25, -0.2) is 0 Å². The molecule has 0 bridgehead atoms. The average Bonchev–Trinajstić information content (AvgIpc) is 3.03. The Morgan fingerprint density at radius 2 is 1.96 bits per heavy atom. The molecule has 1 aliphatic heterocycles. The van der Waals surface area contributed by atoms with E-state index < -0.39 is 0 Å². The van der Waals surface area contributed by atoms with Gasteiger partial charge in [-0.15, -0.1) is 0 Å². The van der Waals surface area contributed by atoms with E-state index in [4.69, 9.17) is 4.74 Å². The Morgan fingerprint density at radius 1 is 1.21 bits per heavy atom. The molecule has 1 aromatic heterocycles. The van der Waals surface area contributed by atoms with Crippen LogP contribution >= 0.6 is 0 Å². The summed E-state index contributed by atoms with van der Waals surface area (Å²) in [5.74, 6) is 0.770. The Kier molecular flexibility index (Phi) is 5.83. The highest BCUT2D eigenvalue weighted by Gasteiger charge is 2.21. The van der Waals surface area contributed by atoms with Gasteiger partial charge in [0.2, 0.25) is 0 Å². The minimum absolute atomic E-state index is 0.000101. The van der Waals surface area contributed by atoms with Crippen LogP contribution < -0.4 is 5.32 Å². The molecule has 150 valence electrons. The fraction of sp³-hybridized carbons (Fsp3) is 0.522. The number of benzene rings is 1. The summed E-state index contributed by atoms with van der Waals surface area (Å²) in [5, 5.41) is 3.04. The van der Waals surface area contributed by atoms with Crippen LogP contribution in [0.1, 0.15) is 40.7 Å². The summed E-state index contributed by atoms with van der Waals surface area (Å²) in [7, 11) is 0. The normalized spacial score (nSPS) is 20.0. The van der Waals surface area contributed by atoms with Crippen LogP contribution in [-0.4, -0.2) is 54.8 Å². The maximum absolute atomic E-state index is 12.5. The predicted molar refractivity (Wildman–Crippen MR) is 111 cm³/mol. The first-order valence-corrected chi connectivity index (χ1v) is 10.5. The molecular formula is C23H31N3O2. The molecule has 0 spiro atoms. The molecule has 28 heavy (non-hydrogen) atoms. The molecule has 1 fully saturated rings. The van der Waals surface area contributed by atoms with Gasteiger partial charge < -0.3 is 14.6 Å². The largest absolute Gasteiger partial charge is 0.379 e. The van der Waals surface area contributed by atoms with Gasteiger partial charge in [-0.3, -0.25) is 9.69 Å². The molecule has 5 nitrogen and oxygen atoms in total. The van der Waals surface area contributed by atoms with Crippen LogP contribution in [-0.2, 0) is 17.6 Å². The Balaban J connectivity index is 1.39. The standard InChI is InChI=1S/C23H31N3O2/c1-17-3-8-22-20(15-17)16-18(2)26(22)21-6-4-19(5-7-21)23(27)24-9-10-25-11-13-28-14-12-25/h4-7,16-17H,3,8-15H2,1-2H3,(H,24,27)/t17-/m0/s1. The molecule has 0 unspecified atom stereocenters. The lowest BCUT2D eigenvalue weighted by Gasteiger charge is -2.26. The van der Waals surface area contributed by atoms with Crippen molar-refractivity contribution in [1.82, 2.24) is 14.8 Å². The minimum atomic E-state index is -0.000101. The number of ether oxygens (including phenoxy) is 1. The number of nitrogens with zero attached hydrogens (tertiary/aromatic N) is 2. The van der Waals surface area contributed by atoms with E-state index in [0.29, 0.717) is 6.54 Å². The number of fused-ring (bicyclic) bond motifs is 1. The van der Waals surface area contributed by atoms with Crippen molar-refractivity contribution in [1.29, 1.82) is 0 Å². The van der Waals surface area contributed by atoms with Crippen molar-refractivity contribution in [3.05, 3.63) is 52.8 Å². The molecule has 1 saturated heterocycles. The van der Waals surface area contributed by atoms with Crippen molar-refractivity contribution in [2.75, 3.05) is 39.4 Å². The van der Waals surface area contributed by atoms with E-state index in [1.807, 2.05) is 12.1 Å². The summed E-state index contributed by atoms with van der Waals surface area (Å²) < 4.78 is 7.72. The number of hydrogen-bond donors (Lipinski definition) is 1. The zero-order valence-corrected chi connectivity index (χ0v) is 17.0. The molecule has 4 rings (SSSR count). The third-order valence-electron chi connectivity index (χ3n) is 6.02. The predicted octanol–water partition coefficient (Wildman–Crippen LogP) is 2.97. The molecule has 0 saturated carbocycles. The third kappa shape index (κ3) is 4.15. The second-order valence-corrected chi connectivity index (χ2v) is 8.20. The van der Waals surface area contributed by atoms with E-state index in [-0.39, 0.29) is 5.91 Å². The van der Waals surface area contributed by atoms with E-state index in [2.05, 4.69) is 46.8 Å². The summed E-state index contributed by atoms with van der Waals surface area (Å²) in [6.45, 7) is 9.53. The van der Waals surface area contributed by atoms with Gasteiger partial charge in [0.25, 0.3) is 5.91 Å². The number of rotatable bonds is 5. The van der Waals surface area contributed by atoms with Gasteiger partial charge in [0, 0.05) is 48.8 Å². The Labute approximate surface area is 167 Å². The first-order valence-electron chi connectivity index (χ1n) is 10.5. The molecule has 1 aliphatic carbocycles. The Morgan fingerprint density at radius 3 is 2.71 bits per heavy atom. The van der Waals surface area contributed by atoms with Gasteiger partial charge in [-0.2, -0.15) is 0 Å². The van der Waals surface area contributed by atoms with Crippen molar-refractivity contribution in [2.24, 2.45) is 5.92 Å². The Bertz CT molecular complexity index is 819. The SMILES string of the molecule is Cc1cc2c(n1-c1ccc(C(=O)NCCN3CCOCC3)cc1)CC[C@H](C)C2. The second kappa shape index (κ2) is 8.50. The molecule has 1 N–H and O–H groups in total. The van der Waals surface area contributed by atoms with Crippen molar-refractivity contribution in [3.8, 4) is 5.69 Å². The highest BCUT2D eigenvalue weighted by Crippen LogP contribution is 2.30. The van der Waals surface area contributed by atoms with Gasteiger partial charge in [-0.1, -0.05) is 6.92 Å². The van der Waals surface area contributed by atoms with Gasteiger partial charge in [0.1, 0.15) is 0 Å². The number of aromatic nitrogens is 1. The fourth-order valence-corrected chi connectivity index (χ4v) is 4.44. The van der Waals surface area contributed by atoms with Crippen LogP contribution in [0.3, 0.4) is 0 Å². The van der Waals surface area contributed by atoms with Crippen molar-refractivity contribution >= 4 is 5.91 Å². The number of nitrogens with one attached hydrogen (secondary N) is 1. The summed E-state index contributed by atoms with van der Waals surface area (Å²) >= 11 is 0. The van der Waals surface area contributed by atoms with Gasteiger partial charge in [0.05, 0.1) is 13.2 Å². The van der Waals surface area contributed by atoms with Crippen LogP contribution in [0.15, 0.2) is 30.3 Å². The fourth-order valence-electron chi connectivity index (χ4n) is 4.44. The van der Waals surface area contributed by atoms with Crippen LogP contribution in [0.2, 0.25) is 0 Å². The Hall–Kier alpha value is -2.11. The lowest BCUT2D eigenvalue weighted by atomic mass is 9.89. The maximum Gasteiger partial charge on any atom is 0.251 e. The zero-order chi connectivity index (χ0) is 19.5. The van der Waals surface area contributed by atoms with E-state index in [9.17, 15) is 4.79 Å². The number of aryl methyl sites for hydroxylation is 1. The molecule has 2 aliphatic rings. The molecular weight excluding hydrogens is 350 g/mol. The van der Waals surface area contributed by atoms with Crippen molar-refractivity contribution in [3.63, 3.8) is 0 Å². The highest BCUT2D eigenvalue weighted by atomic mass is 16.5. The van der Waals surface area contributed by atoms with E-state index in [1.54, 1.807) is 0 Å². The molecule has 1 atom stereocenters. The lowest BCUT2D eigenvalue weighted by Crippen LogP contribution is -2.41. The molecule has 0 radical (unpaired) electrons. The zero-order valence-electron chi connectivity index (χ0n) is 17.0. The third-order valence-corrected chi connectivity index (χ3v) is 6.02. The monoisotopic (exact) mass is 381 g/mol. The van der Waals surface area contributed by atoms with Crippen LogP contribution in [0.5, 0.6) is 0 Å². The van der Waals surface area contributed by atoms with Crippen LogP contribution in [0.25, 0.3) is 5.69 Å². The summed E-state index contributed by atoms with van der Waals surface area (Å²) in [5.41, 5.74) is 6.08. The van der Waals surface area contributed by atoms with E-state index >= 15 is 0 Å². The molecule has 1 amide bonds. The minimum Gasteiger partial charge on any atom is -0.379 e.